The molecule has 3 aromatic rings. The quantitative estimate of drug-likeness (QED) is 0.774. The third kappa shape index (κ3) is 3.60. The van der Waals surface area contributed by atoms with E-state index in [1.54, 1.807) is 53.6 Å². The van der Waals surface area contributed by atoms with Crippen molar-refractivity contribution in [3.8, 4) is 5.69 Å². The molecule has 7 heteroatoms. The smallest absolute Gasteiger partial charge is 0.251 e. The average molecular weight is 345 g/mol. The van der Waals surface area contributed by atoms with E-state index in [1.165, 1.54) is 6.07 Å². The van der Waals surface area contributed by atoms with Crippen LogP contribution in [0.15, 0.2) is 55.1 Å². The number of hydrogen-bond donors (Lipinski definition) is 1. The van der Waals surface area contributed by atoms with Crippen LogP contribution in [0.2, 0.25) is 5.02 Å². The van der Waals surface area contributed by atoms with Crippen molar-refractivity contribution < 1.29 is 9.18 Å². The Morgan fingerprint density at radius 3 is 2.50 bits per heavy atom. The van der Waals surface area contributed by atoms with Crippen LogP contribution in [0.5, 0.6) is 0 Å². The third-order valence-electron chi connectivity index (χ3n) is 3.57. The number of hydrogen-bond acceptors (Lipinski definition) is 3. The number of halogens is 2. The molecule has 0 atom stereocenters. The van der Waals surface area contributed by atoms with Crippen LogP contribution in [0.1, 0.15) is 15.9 Å². The fourth-order valence-electron chi connectivity index (χ4n) is 2.29. The van der Waals surface area contributed by atoms with Gasteiger partial charge in [-0.05, 0) is 42.8 Å². The Balaban J connectivity index is 1.59. The molecule has 0 saturated heterocycles. The van der Waals surface area contributed by atoms with Gasteiger partial charge in [0.1, 0.15) is 18.5 Å². The fraction of sp³-hybridized carbons (Fsp3) is 0.118. The lowest BCUT2D eigenvalue weighted by molar-refractivity contribution is 0.0954. The molecule has 122 valence electrons. The molecule has 0 unspecified atom stereocenters. The summed E-state index contributed by atoms with van der Waals surface area (Å²) in [5, 5.41) is 10.6. The van der Waals surface area contributed by atoms with Crippen molar-refractivity contribution >= 4 is 17.5 Å². The van der Waals surface area contributed by atoms with E-state index in [-0.39, 0.29) is 11.7 Å². The van der Waals surface area contributed by atoms with Crippen LogP contribution < -0.4 is 5.32 Å². The zero-order valence-corrected chi connectivity index (χ0v) is 13.4. The van der Waals surface area contributed by atoms with Crippen LogP contribution >= 0.6 is 11.6 Å². The van der Waals surface area contributed by atoms with Crippen molar-refractivity contribution in [2.45, 2.75) is 6.42 Å². The molecule has 0 fully saturated rings. The van der Waals surface area contributed by atoms with Gasteiger partial charge >= 0.3 is 0 Å². The van der Waals surface area contributed by atoms with E-state index in [1.807, 2.05) is 0 Å². The molecule has 0 saturated carbocycles. The zero-order chi connectivity index (χ0) is 16.9. The van der Waals surface area contributed by atoms with Gasteiger partial charge in [0.05, 0.1) is 0 Å². The Labute approximate surface area is 143 Å². The standard InChI is InChI=1S/C17H14ClFN4O/c18-15-2-1-3-16(19)14(15)8-9-20-17(24)12-4-6-13(7-5-12)23-10-21-22-11-23/h1-7,10-11H,8-9H2,(H,20,24). The van der Waals surface area contributed by atoms with Gasteiger partial charge in [0, 0.05) is 28.4 Å². The first-order valence-electron chi connectivity index (χ1n) is 7.31. The molecule has 3 rings (SSSR count). The maximum atomic E-state index is 13.7. The summed E-state index contributed by atoms with van der Waals surface area (Å²) >= 11 is 5.96. The largest absolute Gasteiger partial charge is 0.352 e. The summed E-state index contributed by atoms with van der Waals surface area (Å²) in [5.74, 6) is -0.590. The van der Waals surface area contributed by atoms with Crippen molar-refractivity contribution in [3.63, 3.8) is 0 Å². The van der Waals surface area contributed by atoms with Crippen molar-refractivity contribution in [1.29, 1.82) is 0 Å². The van der Waals surface area contributed by atoms with Crippen molar-refractivity contribution in [1.82, 2.24) is 20.1 Å². The van der Waals surface area contributed by atoms with Crippen molar-refractivity contribution in [2.75, 3.05) is 6.54 Å². The molecule has 24 heavy (non-hydrogen) atoms. The lowest BCUT2D eigenvalue weighted by atomic mass is 10.1. The van der Waals surface area contributed by atoms with E-state index < -0.39 is 0 Å². The summed E-state index contributed by atoms with van der Waals surface area (Å²) in [5.41, 5.74) is 1.78. The monoisotopic (exact) mass is 344 g/mol. The molecule has 0 aliphatic rings. The highest BCUT2D eigenvalue weighted by molar-refractivity contribution is 6.31. The molecule has 1 N–H and O–H groups in total. The summed E-state index contributed by atoms with van der Waals surface area (Å²) in [6, 6.07) is 11.6. The van der Waals surface area contributed by atoms with Gasteiger partial charge < -0.3 is 5.32 Å². The number of benzene rings is 2. The number of nitrogens with zero attached hydrogens (tertiary/aromatic N) is 3. The molecule has 0 bridgehead atoms. The molecule has 0 spiro atoms. The van der Waals surface area contributed by atoms with E-state index in [4.69, 9.17) is 11.6 Å². The summed E-state index contributed by atoms with van der Waals surface area (Å²) in [4.78, 5) is 12.1. The van der Waals surface area contributed by atoms with Crippen molar-refractivity contribution in [2.24, 2.45) is 0 Å². The average Bonchev–Trinajstić information content (AvgIpc) is 3.12. The number of rotatable bonds is 5. The van der Waals surface area contributed by atoms with Gasteiger partial charge in [-0.25, -0.2) is 4.39 Å². The molecule has 2 aromatic carbocycles. The summed E-state index contributed by atoms with van der Waals surface area (Å²) in [6.45, 7) is 0.298. The number of amides is 1. The second-order valence-corrected chi connectivity index (χ2v) is 5.53. The first kappa shape index (κ1) is 16.1. The SMILES string of the molecule is O=C(NCCc1c(F)cccc1Cl)c1ccc(-n2cnnc2)cc1. The predicted octanol–water partition coefficient (Wildman–Crippen LogP) is 3.03. The van der Waals surface area contributed by atoms with E-state index in [2.05, 4.69) is 15.5 Å². The lowest BCUT2D eigenvalue weighted by Crippen LogP contribution is -2.26. The van der Waals surface area contributed by atoms with Gasteiger partial charge in [0.2, 0.25) is 0 Å². The van der Waals surface area contributed by atoms with Crippen LogP contribution in [0, 0.1) is 5.82 Å². The number of carbonyl (C=O) groups is 1. The number of nitrogens with one attached hydrogen (secondary N) is 1. The Hall–Kier alpha value is -2.73. The summed E-state index contributed by atoms with van der Waals surface area (Å²) < 4.78 is 15.4. The Morgan fingerprint density at radius 2 is 1.83 bits per heavy atom. The van der Waals surface area contributed by atoms with E-state index >= 15 is 0 Å². The maximum absolute atomic E-state index is 13.7. The minimum absolute atomic E-state index is 0.224. The fourth-order valence-corrected chi connectivity index (χ4v) is 2.55. The predicted molar refractivity (Wildman–Crippen MR) is 88.8 cm³/mol. The topological polar surface area (TPSA) is 59.8 Å². The highest BCUT2D eigenvalue weighted by Gasteiger charge is 2.09. The molecule has 0 radical (unpaired) electrons. The highest BCUT2D eigenvalue weighted by Crippen LogP contribution is 2.19. The summed E-state index contributed by atoms with van der Waals surface area (Å²) in [7, 11) is 0. The van der Waals surface area contributed by atoms with Crippen LogP contribution in [-0.4, -0.2) is 27.2 Å². The van der Waals surface area contributed by atoms with E-state index in [0.717, 1.165) is 5.69 Å². The molecular formula is C17H14ClFN4O. The van der Waals surface area contributed by atoms with Gasteiger partial charge in [0.25, 0.3) is 5.91 Å². The molecule has 1 heterocycles. The van der Waals surface area contributed by atoms with Gasteiger partial charge in [0.15, 0.2) is 0 Å². The number of aromatic nitrogens is 3. The molecule has 5 nitrogen and oxygen atoms in total. The Morgan fingerprint density at radius 1 is 1.12 bits per heavy atom. The summed E-state index contributed by atoms with van der Waals surface area (Å²) in [6.07, 6.45) is 3.48. The minimum atomic E-state index is -0.366. The van der Waals surface area contributed by atoms with Gasteiger partial charge in [-0.15, -0.1) is 10.2 Å². The van der Waals surface area contributed by atoms with Gasteiger partial charge in [-0.3, -0.25) is 9.36 Å². The Kier molecular flexibility index (Phi) is 4.86. The highest BCUT2D eigenvalue weighted by atomic mass is 35.5. The molecular weight excluding hydrogens is 331 g/mol. The third-order valence-corrected chi connectivity index (χ3v) is 3.92. The maximum Gasteiger partial charge on any atom is 0.251 e. The second-order valence-electron chi connectivity index (χ2n) is 5.12. The van der Waals surface area contributed by atoms with Crippen LogP contribution in [0.25, 0.3) is 5.69 Å². The molecule has 0 aliphatic carbocycles. The van der Waals surface area contributed by atoms with Crippen LogP contribution in [0.4, 0.5) is 4.39 Å². The van der Waals surface area contributed by atoms with Gasteiger partial charge in [-0.1, -0.05) is 17.7 Å². The van der Waals surface area contributed by atoms with Crippen LogP contribution in [-0.2, 0) is 6.42 Å². The van der Waals surface area contributed by atoms with E-state index in [9.17, 15) is 9.18 Å². The van der Waals surface area contributed by atoms with Gasteiger partial charge in [-0.2, -0.15) is 0 Å². The normalized spacial score (nSPS) is 10.6. The van der Waals surface area contributed by atoms with E-state index in [0.29, 0.717) is 29.1 Å². The first-order valence-corrected chi connectivity index (χ1v) is 7.69. The molecule has 1 aromatic heterocycles. The second kappa shape index (κ2) is 7.23. The Bertz CT molecular complexity index is 814. The first-order chi connectivity index (χ1) is 11.6. The van der Waals surface area contributed by atoms with Crippen LogP contribution in [0.3, 0.4) is 0 Å². The zero-order valence-electron chi connectivity index (χ0n) is 12.6. The minimum Gasteiger partial charge on any atom is -0.352 e. The lowest BCUT2D eigenvalue weighted by Gasteiger charge is -2.08. The molecule has 0 aliphatic heterocycles. The van der Waals surface area contributed by atoms with Crippen molar-refractivity contribution in [3.05, 3.63) is 77.1 Å². The molecule has 1 amide bonds. The number of carbonyl (C=O) groups excluding carboxylic acids is 1.